The van der Waals surface area contributed by atoms with Crippen molar-refractivity contribution in [3.63, 3.8) is 0 Å². The minimum Gasteiger partial charge on any atom is -0.482 e. The highest BCUT2D eigenvalue weighted by atomic mass is 35.5. The first-order valence-electron chi connectivity index (χ1n) is 10.2. The first-order chi connectivity index (χ1) is 15.5. The zero-order valence-corrected chi connectivity index (χ0v) is 20.2. The summed E-state index contributed by atoms with van der Waals surface area (Å²) in [5.74, 6) is -0.182. The predicted molar refractivity (Wildman–Crippen MR) is 128 cm³/mol. The normalized spacial score (nSPS) is 10.8. The molecule has 0 aliphatic rings. The average Bonchev–Trinajstić information content (AvgIpc) is 2.71. The molecule has 0 aromatic heterocycles. The summed E-state index contributed by atoms with van der Waals surface area (Å²) < 4.78 is 10.5. The minimum atomic E-state index is -0.592. The van der Waals surface area contributed by atoms with Crippen molar-refractivity contribution >= 4 is 46.8 Å². The molecule has 0 unspecified atom stereocenters. The standard InChI is InChI=1S/C23H27Cl2N3O5/c1-23(2,3)33-22(31)26-11-10-20(29)28-17-7-4-15(5-8-17)13-27-21(30)14-32-19-9-6-16(24)12-18(19)25/h4-9,12H,10-11,13-14H2,1-3H3,(H,26,31)(H,27,30)(H,28,29). The van der Waals surface area contributed by atoms with Gasteiger partial charge in [-0.1, -0.05) is 35.3 Å². The fourth-order valence-electron chi connectivity index (χ4n) is 2.51. The molecule has 33 heavy (non-hydrogen) atoms. The molecule has 0 heterocycles. The van der Waals surface area contributed by atoms with Crippen molar-refractivity contribution in [1.29, 1.82) is 0 Å². The van der Waals surface area contributed by atoms with Crippen LogP contribution in [-0.4, -0.2) is 36.7 Å². The van der Waals surface area contributed by atoms with Crippen LogP contribution in [-0.2, 0) is 20.9 Å². The van der Waals surface area contributed by atoms with Crippen molar-refractivity contribution in [3.05, 3.63) is 58.1 Å². The van der Waals surface area contributed by atoms with Crippen LogP contribution in [0.4, 0.5) is 10.5 Å². The summed E-state index contributed by atoms with van der Waals surface area (Å²) in [6, 6.07) is 11.8. The molecule has 0 saturated heterocycles. The minimum absolute atomic E-state index is 0.106. The number of alkyl carbamates (subject to hydrolysis) is 1. The molecule has 2 aromatic rings. The van der Waals surface area contributed by atoms with E-state index in [9.17, 15) is 14.4 Å². The van der Waals surface area contributed by atoms with Crippen LogP contribution < -0.4 is 20.7 Å². The number of carbonyl (C=O) groups excluding carboxylic acids is 3. The van der Waals surface area contributed by atoms with E-state index in [-0.39, 0.29) is 31.4 Å². The Hall–Kier alpha value is -2.97. The molecule has 0 saturated carbocycles. The van der Waals surface area contributed by atoms with Gasteiger partial charge in [-0.15, -0.1) is 0 Å². The maximum atomic E-state index is 12.0. The first-order valence-corrected chi connectivity index (χ1v) is 11.0. The largest absolute Gasteiger partial charge is 0.482 e. The second kappa shape index (κ2) is 12.3. The Morgan fingerprint density at radius 2 is 1.64 bits per heavy atom. The topological polar surface area (TPSA) is 106 Å². The maximum absolute atomic E-state index is 12.0. The van der Waals surface area contributed by atoms with Crippen molar-refractivity contribution in [2.45, 2.75) is 39.3 Å². The van der Waals surface area contributed by atoms with Gasteiger partial charge in [0.05, 0.1) is 5.02 Å². The fourth-order valence-corrected chi connectivity index (χ4v) is 2.97. The predicted octanol–water partition coefficient (Wildman–Crippen LogP) is 4.54. The molecule has 8 nitrogen and oxygen atoms in total. The number of anilines is 1. The third-order valence-electron chi connectivity index (χ3n) is 4.00. The van der Waals surface area contributed by atoms with Crippen LogP contribution in [0.5, 0.6) is 5.75 Å². The Balaban J connectivity index is 1.69. The number of rotatable bonds is 9. The zero-order chi connectivity index (χ0) is 24.4. The van der Waals surface area contributed by atoms with Crippen LogP contribution in [0.2, 0.25) is 10.0 Å². The van der Waals surface area contributed by atoms with Crippen LogP contribution in [0.25, 0.3) is 0 Å². The molecular formula is C23H27Cl2N3O5. The summed E-state index contributed by atoms with van der Waals surface area (Å²) in [6.07, 6.45) is -0.460. The molecule has 0 spiro atoms. The van der Waals surface area contributed by atoms with E-state index < -0.39 is 11.7 Å². The van der Waals surface area contributed by atoms with Crippen LogP contribution >= 0.6 is 23.2 Å². The Kier molecular flexibility index (Phi) is 9.81. The van der Waals surface area contributed by atoms with E-state index in [1.165, 1.54) is 6.07 Å². The second-order valence-corrected chi connectivity index (χ2v) is 8.91. The quantitative estimate of drug-likeness (QED) is 0.473. The Morgan fingerprint density at radius 1 is 0.939 bits per heavy atom. The van der Waals surface area contributed by atoms with Gasteiger partial charge in [-0.25, -0.2) is 4.79 Å². The van der Waals surface area contributed by atoms with Crippen molar-refractivity contribution in [2.75, 3.05) is 18.5 Å². The molecule has 178 valence electrons. The van der Waals surface area contributed by atoms with Gasteiger partial charge in [0.1, 0.15) is 11.4 Å². The summed E-state index contributed by atoms with van der Waals surface area (Å²) in [7, 11) is 0. The number of ether oxygens (including phenoxy) is 2. The van der Waals surface area contributed by atoms with Gasteiger partial charge in [0.25, 0.3) is 5.91 Å². The Bertz CT molecular complexity index is 975. The fraction of sp³-hybridized carbons (Fsp3) is 0.348. The van der Waals surface area contributed by atoms with E-state index in [0.29, 0.717) is 28.0 Å². The second-order valence-electron chi connectivity index (χ2n) is 8.06. The SMILES string of the molecule is CC(C)(C)OC(=O)NCCC(=O)Nc1ccc(CNC(=O)COc2ccc(Cl)cc2Cl)cc1. The maximum Gasteiger partial charge on any atom is 0.407 e. The molecular weight excluding hydrogens is 469 g/mol. The van der Waals surface area contributed by atoms with Gasteiger partial charge < -0.3 is 25.4 Å². The molecule has 2 rings (SSSR count). The molecule has 10 heteroatoms. The molecule has 0 aliphatic heterocycles. The van der Waals surface area contributed by atoms with Gasteiger partial charge in [-0.2, -0.15) is 0 Å². The van der Waals surface area contributed by atoms with Crippen molar-refractivity contribution in [1.82, 2.24) is 10.6 Å². The Morgan fingerprint density at radius 3 is 2.27 bits per heavy atom. The average molecular weight is 496 g/mol. The monoisotopic (exact) mass is 495 g/mol. The molecule has 0 fully saturated rings. The number of halogens is 2. The summed E-state index contributed by atoms with van der Waals surface area (Å²) in [5.41, 5.74) is 0.857. The number of hydrogen-bond donors (Lipinski definition) is 3. The lowest BCUT2D eigenvalue weighted by atomic mass is 10.2. The van der Waals surface area contributed by atoms with Crippen molar-refractivity contribution < 1.29 is 23.9 Å². The zero-order valence-electron chi connectivity index (χ0n) is 18.7. The lowest BCUT2D eigenvalue weighted by Crippen LogP contribution is -2.34. The van der Waals surface area contributed by atoms with Gasteiger partial charge in [0.2, 0.25) is 5.91 Å². The third-order valence-corrected chi connectivity index (χ3v) is 4.53. The molecule has 2 aromatic carbocycles. The van der Waals surface area contributed by atoms with Gasteiger partial charge in [-0.05, 0) is 56.7 Å². The van der Waals surface area contributed by atoms with Gasteiger partial charge in [-0.3, -0.25) is 9.59 Å². The number of benzene rings is 2. The third kappa shape index (κ3) is 10.5. The van der Waals surface area contributed by atoms with E-state index in [1.54, 1.807) is 57.2 Å². The van der Waals surface area contributed by atoms with E-state index >= 15 is 0 Å². The van der Waals surface area contributed by atoms with Crippen LogP contribution in [0, 0.1) is 0 Å². The van der Waals surface area contributed by atoms with E-state index in [4.69, 9.17) is 32.7 Å². The highest BCUT2D eigenvalue weighted by Crippen LogP contribution is 2.27. The highest BCUT2D eigenvalue weighted by Gasteiger charge is 2.16. The number of nitrogens with one attached hydrogen (secondary N) is 3. The molecule has 0 atom stereocenters. The van der Waals surface area contributed by atoms with E-state index in [1.807, 2.05) is 0 Å². The van der Waals surface area contributed by atoms with E-state index in [2.05, 4.69) is 16.0 Å². The van der Waals surface area contributed by atoms with Crippen molar-refractivity contribution in [2.24, 2.45) is 0 Å². The highest BCUT2D eigenvalue weighted by molar-refractivity contribution is 6.35. The molecule has 0 radical (unpaired) electrons. The number of carbonyl (C=O) groups is 3. The molecule has 3 N–H and O–H groups in total. The molecule has 0 aliphatic carbocycles. The van der Waals surface area contributed by atoms with E-state index in [0.717, 1.165) is 5.56 Å². The van der Waals surface area contributed by atoms with Crippen LogP contribution in [0.3, 0.4) is 0 Å². The lowest BCUT2D eigenvalue weighted by Gasteiger charge is -2.19. The summed E-state index contributed by atoms with van der Waals surface area (Å²) in [6.45, 7) is 5.56. The summed E-state index contributed by atoms with van der Waals surface area (Å²) in [5, 5.41) is 8.83. The smallest absolute Gasteiger partial charge is 0.407 e. The Labute approximate surface area is 202 Å². The number of amides is 3. The number of hydrogen-bond acceptors (Lipinski definition) is 5. The van der Waals surface area contributed by atoms with Gasteiger partial charge >= 0.3 is 6.09 Å². The van der Waals surface area contributed by atoms with Crippen LogP contribution in [0.15, 0.2) is 42.5 Å². The van der Waals surface area contributed by atoms with Crippen molar-refractivity contribution in [3.8, 4) is 5.75 Å². The van der Waals surface area contributed by atoms with Crippen LogP contribution in [0.1, 0.15) is 32.8 Å². The summed E-state index contributed by atoms with van der Waals surface area (Å²) in [4.78, 5) is 35.6. The lowest BCUT2D eigenvalue weighted by molar-refractivity contribution is -0.123. The molecule has 0 bridgehead atoms. The first kappa shape index (κ1) is 26.3. The summed E-state index contributed by atoms with van der Waals surface area (Å²) >= 11 is 11.8. The molecule has 3 amide bonds. The van der Waals surface area contributed by atoms with Gasteiger partial charge in [0, 0.05) is 30.2 Å². The van der Waals surface area contributed by atoms with Gasteiger partial charge in [0.15, 0.2) is 6.61 Å².